The minimum Gasteiger partial charge on any atom is -0.493 e. The van der Waals surface area contributed by atoms with Gasteiger partial charge in [0.15, 0.2) is 11.5 Å². The molecule has 276 valence electrons. The van der Waals surface area contributed by atoms with Crippen LogP contribution in [0.25, 0.3) is 0 Å². The van der Waals surface area contributed by atoms with Crippen molar-refractivity contribution in [3.8, 4) is 11.5 Å². The zero-order valence-corrected chi connectivity index (χ0v) is 32.0. The molecule has 49 heavy (non-hydrogen) atoms. The largest absolute Gasteiger partial charge is 0.493 e. The van der Waals surface area contributed by atoms with Gasteiger partial charge in [-0.3, -0.25) is 5.43 Å². The van der Waals surface area contributed by atoms with Crippen molar-refractivity contribution in [3.63, 3.8) is 0 Å². The highest BCUT2D eigenvalue weighted by Gasteiger charge is 2.50. The molecule has 1 saturated heterocycles. The fourth-order valence-electron chi connectivity index (χ4n) is 6.43. The number of benzene rings is 2. The SMILES string of the molecule is COCCCOc1cc(C[C@@H](C[C@H]2[C@@H](C[C@H](COCc3ccccc3)C(C)C)OC(C)(C)N2NC(=O)OC(C)(C)C)C(C)C)ccc1OC. The summed E-state index contributed by atoms with van der Waals surface area (Å²) in [4.78, 5) is 13.2. The Kier molecular flexibility index (Phi) is 15.7. The van der Waals surface area contributed by atoms with Crippen molar-refractivity contribution in [3.05, 3.63) is 59.7 Å². The summed E-state index contributed by atoms with van der Waals surface area (Å²) in [5, 5.41) is 2.00. The smallest absolute Gasteiger partial charge is 0.422 e. The average Bonchev–Trinajstić information content (AvgIpc) is 3.25. The number of methoxy groups -OCH3 is 2. The number of hydrogen-bond acceptors (Lipinski definition) is 8. The van der Waals surface area contributed by atoms with E-state index in [0.717, 1.165) is 42.7 Å². The van der Waals surface area contributed by atoms with Gasteiger partial charge in [-0.25, -0.2) is 4.79 Å². The van der Waals surface area contributed by atoms with Gasteiger partial charge < -0.3 is 28.4 Å². The minimum atomic E-state index is -0.747. The molecule has 2 aromatic carbocycles. The Morgan fingerprint density at radius 2 is 1.61 bits per heavy atom. The van der Waals surface area contributed by atoms with Crippen molar-refractivity contribution in [1.82, 2.24) is 10.4 Å². The highest BCUT2D eigenvalue weighted by atomic mass is 16.6. The van der Waals surface area contributed by atoms with Gasteiger partial charge in [0, 0.05) is 20.1 Å². The number of hydrazine groups is 1. The predicted molar refractivity (Wildman–Crippen MR) is 195 cm³/mol. The van der Waals surface area contributed by atoms with Crippen molar-refractivity contribution in [1.29, 1.82) is 0 Å². The quantitative estimate of drug-likeness (QED) is 0.148. The molecule has 1 N–H and O–H groups in total. The molecule has 4 atom stereocenters. The number of carbonyl (C=O) groups is 1. The van der Waals surface area contributed by atoms with E-state index < -0.39 is 17.4 Å². The fourth-order valence-corrected chi connectivity index (χ4v) is 6.43. The Morgan fingerprint density at radius 3 is 2.22 bits per heavy atom. The summed E-state index contributed by atoms with van der Waals surface area (Å²) in [6.45, 7) is 21.1. The lowest BCUT2D eigenvalue weighted by atomic mass is 9.81. The number of hydrogen-bond donors (Lipinski definition) is 1. The summed E-state index contributed by atoms with van der Waals surface area (Å²) in [6, 6.07) is 16.4. The number of rotatable bonds is 19. The van der Waals surface area contributed by atoms with Gasteiger partial charge in [-0.2, -0.15) is 5.01 Å². The maximum atomic E-state index is 13.2. The molecule has 0 unspecified atom stereocenters. The van der Waals surface area contributed by atoms with Crippen LogP contribution < -0.4 is 14.9 Å². The third-order valence-electron chi connectivity index (χ3n) is 9.28. The van der Waals surface area contributed by atoms with E-state index in [2.05, 4.69) is 57.4 Å². The van der Waals surface area contributed by atoms with Gasteiger partial charge in [0.2, 0.25) is 0 Å². The highest BCUT2D eigenvalue weighted by Crippen LogP contribution is 2.40. The molecule has 0 aromatic heterocycles. The first-order valence-corrected chi connectivity index (χ1v) is 18.0. The molecule has 1 fully saturated rings. The Morgan fingerprint density at radius 1 is 0.918 bits per heavy atom. The Hall–Kier alpha value is -2.85. The summed E-state index contributed by atoms with van der Waals surface area (Å²) in [5.41, 5.74) is 4.08. The fraction of sp³-hybridized carbons (Fsp3) is 0.675. The normalized spacial score (nSPS) is 19.2. The van der Waals surface area contributed by atoms with E-state index >= 15 is 0 Å². The second-order valence-electron chi connectivity index (χ2n) is 15.5. The van der Waals surface area contributed by atoms with Crippen LogP contribution in [0.1, 0.15) is 92.7 Å². The molecule has 1 heterocycles. The van der Waals surface area contributed by atoms with Crippen LogP contribution in [0, 0.1) is 23.7 Å². The van der Waals surface area contributed by atoms with Crippen molar-refractivity contribution >= 4 is 6.09 Å². The van der Waals surface area contributed by atoms with E-state index in [1.807, 2.05) is 63.9 Å². The summed E-state index contributed by atoms with van der Waals surface area (Å²) in [6.07, 6.45) is 2.65. The molecule has 0 aliphatic carbocycles. The number of ether oxygens (including phenoxy) is 6. The van der Waals surface area contributed by atoms with Gasteiger partial charge in [0.05, 0.1) is 39.1 Å². The Bertz CT molecular complexity index is 1260. The second kappa shape index (κ2) is 18.9. The molecule has 9 nitrogen and oxygen atoms in total. The number of amides is 1. The monoisotopic (exact) mass is 684 g/mol. The third kappa shape index (κ3) is 13.1. The van der Waals surface area contributed by atoms with Crippen molar-refractivity contribution < 1.29 is 33.2 Å². The zero-order valence-electron chi connectivity index (χ0n) is 32.0. The molecular weight excluding hydrogens is 620 g/mol. The van der Waals surface area contributed by atoms with Gasteiger partial charge in [0.25, 0.3) is 0 Å². The third-order valence-corrected chi connectivity index (χ3v) is 9.28. The predicted octanol–water partition coefficient (Wildman–Crippen LogP) is 8.44. The van der Waals surface area contributed by atoms with Crippen LogP contribution in [-0.2, 0) is 32.0 Å². The molecule has 1 aliphatic rings. The van der Waals surface area contributed by atoms with E-state index in [0.29, 0.717) is 38.3 Å². The molecule has 1 aliphatic heterocycles. The first-order chi connectivity index (χ1) is 23.1. The molecule has 3 rings (SSSR count). The second-order valence-corrected chi connectivity index (χ2v) is 15.5. The Balaban J connectivity index is 1.87. The van der Waals surface area contributed by atoms with Crippen LogP contribution in [0.4, 0.5) is 4.79 Å². The van der Waals surface area contributed by atoms with Crippen molar-refractivity contribution in [2.24, 2.45) is 23.7 Å². The van der Waals surface area contributed by atoms with Gasteiger partial charge in [-0.1, -0.05) is 64.1 Å². The van der Waals surface area contributed by atoms with E-state index in [1.54, 1.807) is 14.2 Å². The van der Waals surface area contributed by atoms with Crippen LogP contribution in [0.2, 0.25) is 0 Å². The van der Waals surface area contributed by atoms with Crippen molar-refractivity contribution in [2.75, 3.05) is 34.0 Å². The number of nitrogens with zero attached hydrogens (tertiary/aromatic N) is 1. The summed E-state index contributed by atoms with van der Waals surface area (Å²) in [7, 11) is 3.36. The first-order valence-electron chi connectivity index (χ1n) is 18.0. The van der Waals surface area contributed by atoms with E-state index in [4.69, 9.17) is 28.4 Å². The molecule has 0 bridgehead atoms. The molecule has 0 saturated carbocycles. The average molecular weight is 685 g/mol. The van der Waals surface area contributed by atoms with Gasteiger partial charge in [-0.15, -0.1) is 0 Å². The lowest BCUT2D eigenvalue weighted by molar-refractivity contribution is -0.101. The molecule has 0 radical (unpaired) electrons. The van der Waals surface area contributed by atoms with Crippen LogP contribution >= 0.6 is 0 Å². The summed E-state index contributed by atoms with van der Waals surface area (Å²) in [5.74, 6) is 2.77. The van der Waals surface area contributed by atoms with Crippen LogP contribution in [0.3, 0.4) is 0 Å². The maximum absolute atomic E-state index is 13.2. The highest BCUT2D eigenvalue weighted by molar-refractivity contribution is 5.67. The standard InChI is InChI=1S/C40H64N2O7/c1-28(2)32(22-31-18-19-35(45-11)37(23-31)47-21-15-20-44-10)24-34-36(48-40(8,9)42(34)41-38(43)49-39(5,6)7)25-33(29(3)4)27-46-26-30-16-13-12-14-17-30/h12-14,16-19,23,28-29,32-34,36H,15,20-22,24-27H2,1-11H3,(H,41,43)/t32-,33+,34-,36+/m0/s1. The molecular formula is C40H64N2O7. The van der Waals surface area contributed by atoms with Crippen LogP contribution in [0.15, 0.2) is 48.5 Å². The molecule has 1 amide bonds. The van der Waals surface area contributed by atoms with Crippen molar-refractivity contribution in [2.45, 2.75) is 118 Å². The van der Waals surface area contributed by atoms with Gasteiger partial charge in [-0.05, 0) is 101 Å². The van der Waals surface area contributed by atoms with E-state index in [9.17, 15) is 4.79 Å². The van der Waals surface area contributed by atoms with E-state index in [1.165, 1.54) is 5.56 Å². The lowest BCUT2D eigenvalue weighted by Gasteiger charge is -2.36. The molecule has 0 spiro atoms. The topological polar surface area (TPSA) is 87.7 Å². The van der Waals surface area contributed by atoms with Gasteiger partial charge in [0.1, 0.15) is 11.3 Å². The summed E-state index contributed by atoms with van der Waals surface area (Å²) >= 11 is 0. The molecule has 9 heteroatoms. The summed E-state index contributed by atoms with van der Waals surface area (Å²) < 4.78 is 35.7. The Labute approximate surface area is 296 Å². The van der Waals surface area contributed by atoms with Gasteiger partial charge >= 0.3 is 6.09 Å². The number of nitrogens with one attached hydrogen (secondary N) is 1. The van der Waals surface area contributed by atoms with Crippen LogP contribution in [0.5, 0.6) is 11.5 Å². The van der Waals surface area contributed by atoms with E-state index in [-0.39, 0.29) is 24.0 Å². The molecule has 2 aromatic rings. The minimum absolute atomic E-state index is 0.0895. The zero-order chi connectivity index (χ0) is 36.2. The number of carbonyl (C=O) groups excluding carboxylic acids is 1. The lowest BCUT2D eigenvalue weighted by Crippen LogP contribution is -2.56. The van der Waals surface area contributed by atoms with Crippen LogP contribution in [-0.4, -0.2) is 68.6 Å². The maximum Gasteiger partial charge on any atom is 0.422 e. The first kappa shape index (κ1) is 40.6.